The number of nitrogens with zero attached hydrogens (tertiary/aromatic N) is 6. The Hall–Kier alpha value is -5.94. The third-order valence-electron chi connectivity index (χ3n) is 11.5. The lowest BCUT2D eigenvalue weighted by Crippen LogP contribution is -2.55. The highest BCUT2D eigenvalue weighted by Crippen LogP contribution is 2.33. The van der Waals surface area contributed by atoms with E-state index in [9.17, 15) is 14.4 Å². The number of H-pyrrole nitrogens is 1. The SMILES string of the molecule is CC[C@H](C)CCCOc1c(-c2cc(C(=O)Nc3nc4ccc(N5CCN(CCNc6cc(F)c([C@H]7CCC(=O)NC7=O)c(F)c6)C[C@H]5COC)cc4[nH]3)cc(C)n2)cnn1C. The number of anilines is 3. The van der Waals surface area contributed by atoms with Crippen molar-refractivity contribution in [1.82, 2.24) is 34.9 Å². The Bertz CT molecular complexity index is 2360. The number of halogens is 2. The standard InChI is InChI=1S/C44H54F2N10O5/c1-6-26(2)8-7-17-61-43-33(23-48-54(43)4)37-19-28(18-27(3)49-37)41(58)53-44-50-36-11-9-30(22-38(36)51-44)56-16-15-55(24-31(56)25-60-5)14-13-47-29-20-34(45)40(35(46)21-29)32-10-12-39(57)52-42(32)59/h9,11,18-23,26,31-32,47H,6-8,10,12-17,24-25H2,1-5H3,(H,52,57,59)(H2,50,51,53,58)/t26-,31-,32+/m0/s1. The number of imidazole rings is 1. The van der Waals surface area contributed by atoms with Gasteiger partial charge in [-0.1, -0.05) is 20.3 Å². The number of carbonyl (C=O) groups is 3. The number of hydrogen-bond acceptors (Lipinski definition) is 11. The van der Waals surface area contributed by atoms with Crippen LogP contribution >= 0.6 is 0 Å². The van der Waals surface area contributed by atoms with Crippen LogP contribution in [0.4, 0.5) is 26.1 Å². The minimum atomic E-state index is -1.04. The molecule has 7 rings (SSSR count). The first kappa shape index (κ1) is 43.2. The van der Waals surface area contributed by atoms with Gasteiger partial charge in [0.25, 0.3) is 5.91 Å². The highest BCUT2D eigenvalue weighted by Gasteiger charge is 2.33. The Labute approximate surface area is 353 Å². The van der Waals surface area contributed by atoms with Crippen molar-refractivity contribution < 1.29 is 32.6 Å². The summed E-state index contributed by atoms with van der Waals surface area (Å²) in [5.41, 5.74) is 4.79. The van der Waals surface area contributed by atoms with Crippen LogP contribution in [0.5, 0.6) is 5.88 Å². The molecule has 4 N–H and O–H groups in total. The molecule has 3 atom stereocenters. The van der Waals surface area contributed by atoms with Gasteiger partial charge in [-0.05, 0) is 74.6 Å². The van der Waals surface area contributed by atoms with Crippen molar-refractivity contribution in [3.63, 3.8) is 0 Å². The monoisotopic (exact) mass is 840 g/mol. The van der Waals surface area contributed by atoms with E-state index in [-0.39, 0.29) is 36.0 Å². The predicted octanol–water partition coefficient (Wildman–Crippen LogP) is 6.17. The average Bonchev–Trinajstić information content (AvgIpc) is 3.81. The van der Waals surface area contributed by atoms with Gasteiger partial charge in [-0.3, -0.25) is 34.9 Å². The minimum absolute atomic E-state index is 0.0144. The summed E-state index contributed by atoms with van der Waals surface area (Å²) in [5.74, 6) is -2.59. The number of pyridine rings is 1. The number of nitrogens with one attached hydrogen (secondary N) is 4. The predicted molar refractivity (Wildman–Crippen MR) is 229 cm³/mol. The van der Waals surface area contributed by atoms with Crippen LogP contribution in [0.1, 0.15) is 73.5 Å². The third kappa shape index (κ3) is 10.2. The molecule has 17 heteroatoms. The van der Waals surface area contributed by atoms with E-state index in [1.165, 1.54) is 12.1 Å². The molecule has 0 saturated carbocycles. The van der Waals surface area contributed by atoms with E-state index >= 15 is 8.78 Å². The number of piperidine rings is 1. The topological polar surface area (TPSA) is 172 Å². The fraction of sp³-hybridized carbons (Fsp3) is 0.455. The van der Waals surface area contributed by atoms with Gasteiger partial charge in [0.2, 0.25) is 23.6 Å². The molecule has 15 nitrogen and oxygen atoms in total. The third-order valence-corrected chi connectivity index (χ3v) is 11.5. The van der Waals surface area contributed by atoms with Crippen LogP contribution in [0, 0.1) is 24.5 Å². The summed E-state index contributed by atoms with van der Waals surface area (Å²) in [6.45, 7) is 10.5. The molecule has 2 aliphatic heterocycles. The molecule has 2 saturated heterocycles. The van der Waals surface area contributed by atoms with Crippen molar-refractivity contribution >= 4 is 46.1 Å². The maximum absolute atomic E-state index is 15.1. The van der Waals surface area contributed by atoms with E-state index in [4.69, 9.17) is 14.5 Å². The van der Waals surface area contributed by atoms with E-state index in [1.807, 2.05) is 32.2 Å². The number of fused-ring (bicyclic) bond motifs is 1. The molecule has 5 heterocycles. The second-order valence-electron chi connectivity index (χ2n) is 16.0. The van der Waals surface area contributed by atoms with Gasteiger partial charge >= 0.3 is 0 Å². The molecule has 3 aromatic heterocycles. The number of aryl methyl sites for hydroxylation is 2. The maximum Gasteiger partial charge on any atom is 0.258 e. The molecule has 0 unspecified atom stereocenters. The van der Waals surface area contributed by atoms with E-state index in [0.29, 0.717) is 85.2 Å². The Morgan fingerprint density at radius 2 is 1.89 bits per heavy atom. The van der Waals surface area contributed by atoms with Crippen molar-refractivity contribution in [1.29, 1.82) is 0 Å². The zero-order valence-corrected chi connectivity index (χ0v) is 35.3. The van der Waals surface area contributed by atoms with Crippen molar-refractivity contribution in [3.05, 3.63) is 77.1 Å². The zero-order chi connectivity index (χ0) is 43.2. The van der Waals surface area contributed by atoms with Gasteiger partial charge in [0, 0.05) is 81.5 Å². The lowest BCUT2D eigenvalue weighted by molar-refractivity contribution is -0.134. The molecular weight excluding hydrogens is 787 g/mol. The molecule has 324 valence electrons. The average molecular weight is 841 g/mol. The van der Waals surface area contributed by atoms with E-state index in [2.05, 4.69) is 54.7 Å². The Kier molecular flexibility index (Phi) is 13.6. The second-order valence-corrected chi connectivity index (χ2v) is 16.0. The Balaban J connectivity index is 0.962. The number of aromatic nitrogens is 5. The number of rotatable bonds is 17. The first-order chi connectivity index (χ1) is 29.4. The van der Waals surface area contributed by atoms with Crippen LogP contribution in [-0.2, 0) is 21.4 Å². The number of piperazine rings is 1. The summed E-state index contributed by atoms with van der Waals surface area (Å²) in [4.78, 5) is 54.5. The van der Waals surface area contributed by atoms with Crippen LogP contribution in [0.15, 0.2) is 48.7 Å². The summed E-state index contributed by atoms with van der Waals surface area (Å²) in [5, 5.41) is 12.6. The van der Waals surface area contributed by atoms with Gasteiger partial charge in [-0.25, -0.2) is 18.4 Å². The highest BCUT2D eigenvalue weighted by molar-refractivity contribution is 6.05. The molecule has 61 heavy (non-hydrogen) atoms. The van der Waals surface area contributed by atoms with E-state index in [1.54, 1.807) is 30.1 Å². The zero-order valence-electron chi connectivity index (χ0n) is 35.3. The fourth-order valence-corrected chi connectivity index (χ4v) is 8.08. The van der Waals surface area contributed by atoms with Crippen LogP contribution < -0.4 is 25.6 Å². The summed E-state index contributed by atoms with van der Waals surface area (Å²) in [7, 11) is 3.49. The van der Waals surface area contributed by atoms with Crippen LogP contribution in [0.3, 0.4) is 0 Å². The number of ether oxygens (including phenoxy) is 2. The molecule has 0 radical (unpaired) electrons. The van der Waals surface area contributed by atoms with Crippen molar-refractivity contribution in [2.75, 3.05) is 68.6 Å². The van der Waals surface area contributed by atoms with Gasteiger partial charge in [-0.2, -0.15) is 5.10 Å². The van der Waals surface area contributed by atoms with Gasteiger partial charge in [0.15, 0.2) is 0 Å². The Morgan fingerprint density at radius 3 is 2.64 bits per heavy atom. The molecule has 2 aromatic carbocycles. The maximum atomic E-state index is 15.1. The van der Waals surface area contributed by atoms with Crippen LogP contribution in [0.2, 0.25) is 0 Å². The number of hydrogen-bond donors (Lipinski definition) is 4. The Morgan fingerprint density at radius 1 is 1.08 bits per heavy atom. The fourth-order valence-electron chi connectivity index (χ4n) is 8.08. The summed E-state index contributed by atoms with van der Waals surface area (Å²) in [6, 6.07) is 11.8. The number of amides is 3. The summed E-state index contributed by atoms with van der Waals surface area (Å²) in [6.07, 6.45) is 4.95. The smallest absolute Gasteiger partial charge is 0.258 e. The lowest BCUT2D eigenvalue weighted by Gasteiger charge is -2.42. The summed E-state index contributed by atoms with van der Waals surface area (Å²) < 4.78 is 43.6. The first-order valence-electron chi connectivity index (χ1n) is 20.9. The quantitative estimate of drug-likeness (QED) is 0.0624. The van der Waals surface area contributed by atoms with E-state index < -0.39 is 29.4 Å². The normalized spacial score (nSPS) is 17.7. The van der Waals surface area contributed by atoms with Crippen molar-refractivity contribution in [3.8, 4) is 17.1 Å². The molecular formula is C44H54F2N10O5. The number of imide groups is 1. The van der Waals surface area contributed by atoms with Gasteiger partial charge in [-0.15, -0.1) is 0 Å². The molecule has 2 fully saturated rings. The van der Waals surface area contributed by atoms with Crippen molar-refractivity contribution in [2.24, 2.45) is 13.0 Å². The molecule has 3 amide bonds. The molecule has 5 aromatic rings. The van der Waals surface area contributed by atoms with Crippen LogP contribution in [0.25, 0.3) is 22.3 Å². The van der Waals surface area contributed by atoms with Gasteiger partial charge in [0.1, 0.15) is 11.6 Å². The molecule has 0 spiro atoms. The molecule has 0 aliphatic carbocycles. The van der Waals surface area contributed by atoms with Gasteiger partial charge in [0.05, 0.1) is 53.7 Å². The number of carbonyl (C=O) groups excluding carboxylic acids is 3. The molecule has 2 aliphatic rings. The minimum Gasteiger partial charge on any atom is -0.477 e. The van der Waals surface area contributed by atoms with Crippen molar-refractivity contribution in [2.45, 2.75) is 64.8 Å². The van der Waals surface area contributed by atoms with Crippen LogP contribution in [-0.4, -0.2) is 106 Å². The number of aromatic amines is 1. The number of benzene rings is 2. The highest BCUT2D eigenvalue weighted by atomic mass is 19.1. The largest absolute Gasteiger partial charge is 0.477 e. The number of methoxy groups -OCH3 is 1. The van der Waals surface area contributed by atoms with Gasteiger partial charge < -0.3 is 24.7 Å². The lowest BCUT2D eigenvalue weighted by atomic mass is 9.89. The first-order valence-corrected chi connectivity index (χ1v) is 20.9. The summed E-state index contributed by atoms with van der Waals surface area (Å²) >= 11 is 0. The molecule has 0 bridgehead atoms. The van der Waals surface area contributed by atoms with E-state index in [0.717, 1.165) is 37.0 Å². The second kappa shape index (κ2) is 19.2.